The van der Waals surface area contributed by atoms with Crippen LogP contribution in [0.15, 0.2) is 53.4 Å². The van der Waals surface area contributed by atoms with Gasteiger partial charge in [-0.05, 0) is 68.4 Å². The highest BCUT2D eigenvalue weighted by atomic mass is 32.2. The van der Waals surface area contributed by atoms with Crippen LogP contribution >= 0.6 is 0 Å². The molecule has 2 heterocycles. The third-order valence-corrected chi connectivity index (χ3v) is 6.53. The van der Waals surface area contributed by atoms with Crippen molar-refractivity contribution in [2.75, 3.05) is 28.0 Å². The summed E-state index contributed by atoms with van der Waals surface area (Å²) in [6, 6.07) is 11.9. The first-order valence-corrected chi connectivity index (χ1v) is 12.3. The molecule has 0 amide bonds. The molecule has 0 aliphatic rings. The lowest BCUT2D eigenvalue weighted by Gasteiger charge is -2.20. The summed E-state index contributed by atoms with van der Waals surface area (Å²) in [4.78, 5) is 10.9. The number of aryl methyl sites for hydroxylation is 1. The first kappa shape index (κ1) is 24.0. The molecular weight excluding hydrogens is 473 g/mol. The van der Waals surface area contributed by atoms with Crippen LogP contribution in [0.2, 0.25) is 0 Å². The second kappa shape index (κ2) is 10.0. The van der Waals surface area contributed by atoms with Crippen molar-refractivity contribution in [3.63, 3.8) is 0 Å². The van der Waals surface area contributed by atoms with Crippen LogP contribution in [0.1, 0.15) is 19.7 Å². The van der Waals surface area contributed by atoms with Gasteiger partial charge in [-0.2, -0.15) is 5.21 Å². The molecule has 2 aromatic heterocycles. The zero-order chi connectivity index (χ0) is 25.0. The molecule has 0 atom stereocenters. The molecule has 4 rings (SSSR count). The number of nitrogens with one attached hydrogen (secondary N) is 3. The molecule has 2 aromatic carbocycles. The molecule has 35 heavy (non-hydrogen) atoms. The average Bonchev–Trinajstić information content (AvgIpc) is 3.36. The van der Waals surface area contributed by atoms with Gasteiger partial charge in [0.05, 0.1) is 10.5 Å². The second-order valence-electron chi connectivity index (χ2n) is 7.52. The van der Waals surface area contributed by atoms with Gasteiger partial charge in [-0.15, -0.1) is 10.2 Å². The Kier molecular flexibility index (Phi) is 6.87. The number of H-pyrrole nitrogens is 1. The van der Waals surface area contributed by atoms with Crippen molar-refractivity contribution in [2.45, 2.75) is 25.7 Å². The predicted molar refractivity (Wildman–Crippen MR) is 130 cm³/mol. The summed E-state index contributed by atoms with van der Waals surface area (Å²) in [5.41, 5.74) is 0.979. The zero-order valence-corrected chi connectivity index (χ0v) is 20.1. The van der Waals surface area contributed by atoms with Crippen molar-refractivity contribution in [3.05, 3.63) is 60.2 Å². The minimum Gasteiger partial charge on any atom is -0.357 e. The van der Waals surface area contributed by atoms with Gasteiger partial charge in [0.2, 0.25) is 5.82 Å². The SMILES string of the molecule is CCN(CC)c1cc(Nc2ccc(NS(=O)(=O)c3ccc(F)c(-c4nn[nH]n4)c3)cc2)nc(C)n1. The molecule has 182 valence electrons. The number of aromatic nitrogens is 6. The van der Waals surface area contributed by atoms with Gasteiger partial charge in [-0.1, -0.05) is 0 Å². The van der Waals surface area contributed by atoms with E-state index in [2.05, 4.69) is 59.4 Å². The van der Waals surface area contributed by atoms with E-state index < -0.39 is 15.8 Å². The molecule has 3 N–H and O–H groups in total. The highest BCUT2D eigenvalue weighted by Gasteiger charge is 2.19. The van der Waals surface area contributed by atoms with Crippen LogP contribution in [0.4, 0.5) is 27.4 Å². The monoisotopic (exact) mass is 497 g/mol. The highest BCUT2D eigenvalue weighted by molar-refractivity contribution is 7.92. The maximum absolute atomic E-state index is 14.2. The van der Waals surface area contributed by atoms with Gasteiger partial charge in [-0.3, -0.25) is 4.72 Å². The number of nitrogens with zero attached hydrogens (tertiary/aromatic N) is 6. The number of benzene rings is 2. The van der Waals surface area contributed by atoms with E-state index >= 15 is 0 Å². The Morgan fingerprint density at radius 1 is 1.00 bits per heavy atom. The van der Waals surface area contributed by atoms with Gasteiger partial charge in [0.25, 0.3) is 10.0 Å². The van der Waals surface area contributed by atoms with Crippen molar-refractivity contribution in [2.24, 2.45) is 0 Å². The van der Waals surface area contributed by atoms with Crippen LogP contribution in [-0.4, -0.2) is 52.1 Å². The summed E-state index contributed by atoms with van der Waals surface area (Å²) >= 11 is 0. The van der Waals surface area contributed by atoms with E-state index in [1.165, 1.54) is 6.07 Å². The molecule has 0 unspecified atom stereocenters. The van der Waals surface area contributed by atoms with Crippen molar-refractivity contribution in [1.82, 2.24) is 30.6 Å². The Labute approximate surface area is 201 Å². The normalized spacial score (nSPS) is 11.3. The number of hydrogen-bond acceptors (Lipinski definition) is 9. The number of tetrazole rings is 1. The molecular formula is C22H24FN9O2S. The fraction of sp³-hybridized carbons (Fsp3) is 0.227. The van der Waals surface area contributed by atoms with Crippen molar-refractivity contribution in [1.29, 1.82) is 0 Å². The average molecular weight is 498 g/mol. The lowest BCUT2D eigenvalue weighted by atomic mass is 10.2. The Hall–Kier alpha value is -4.13. The molecule has 0 aliphatic heterocycles. The molecule has 4 aromatic rings. The second-order valence-corrected chi connectivity index (χ2v) is 9.20. The van der Waals surface area contributed by atoms with E-state index in [0.717, 1.165) is 36.7 Å². The van der Waals surface area contributed by atoms with Gasteiger partial charge in [0.15, 0.2) is 0 Å². The molecule has 13 heteroatoms. The summed E-state index contributed by atoms with van der Waals surface area (Å²) in [7, 11) is -3.99. The van der Waals surface area contributed by atoms with Crippen molar-refractivity contribution < 1.29 is 12.8 Å². The van der Waals surface area contributed by atoms with Gasteiger partial charge in [0, 0.05) is 30.5 Å². The van der Waals surface area contributed by atoms with Gasteiger partial charge in [-0.25, -0.2) is 22.8 Å². The van der Waals surface area contributed by atoms with Crippen molar-refractivity contribution in [3.8, 4) is 11.4 Å². The first-order chi connectivity index (χ1) is 16.8. The molecule has 0 saturated heterocycles. The largest absolute Gasteiger partial charge is 0.357 e. The molecule has 0 aliphatic carbocycles. The summed E-state index contributed by atoms with van der Waals surface area (Å²) in [5.74, 6) is 1.40. The maximum Gasteiger partial charge on any atom is 0.261 e. The van der Waals surface area contributed by atoms with E-state index in [4.69, 9.17) is 0 Å². The number of halogens is 1. The lowest BCUT2D eigenvalue weighted by molar-refractivity contribution is 0.600. The molecule has 0 bridgehead atoms. The van der Waals surface area contributed by atoms with E-state index in [9.17, 15) is 12.8 Å². The molecule has 0 saturated carbocycles. The van der Waals surface area contributed by atoms with Crippen LogP contribution in [-0.2, 0) is 10.0 Å². The fourth-order valence-electron chi connectivity index (χ4n) is 3.43. The molecule has 0 fully saturated rings. The first-order valence-electron chi connectivity index (χ1n) is 10.8. The van der Waals surface area contributed by atoms with E-state index in [-0.39, 0.29) is 16.3 Å². The van der Waals surface area contributed by atoms with Crippen LogP contribution in [0, 0.1) is 12.7 Å². The summed E-state index contributed by atoms with van der Waals surface area (Å²) in [6.07, 6.45) is 0. The number of rotatable bonds is 9. The van der Waals surface area contributed by atoms with Crippen molar-refractivity contribution >= 4 is 33.0 Å². The minimum atomic E-state index is -3.99. The van der Waals surface area contributed by atoms with Gasteiger partial charge in [0.1, 0.15) is 23.3 Å². The van der Waals surface area contributed by atoms with Crippen LogP contribution < -0.4 is 14.9 Å². The summed E-state index contributed by atoms with van der Waals surface area (Å²) in [6.45, 7) is 7.60. The van der Waals surface area contributed by atoms with E-state index in [0.29, 0.717) is 17.3 Å². The Morgan fingerprint density at radius 3 is 2.37 bits per heavy atom. The highest BCUT2D eigenvalue weighted by Crippen LogP contribution is 2.25. The Balaban J connectivity index is 1.51. The number of aromatic amines is 1. The minimum absolute atomic E-state index is 0.0425. The molecule has 0 radical (unpaired) electrons. The smallest absolute Gasteiger partial charge is 0.261 e. The number of sulfonamides is 1. The number of anilines is 4. The quantitative estimate of drug-likeness (QED) is 0.317. The Bertz CT molecular complexity index is 1410. The number of hydrogen-bond donors (Lipinski definition) is 3. The Morgan fingerprint density at radius 2 is 1.71 bits per heavy atom. The van der Waals surface area contributed by atoms with E-state index in [1.54, 1.807) is 24.3 Å². The predicted octanol–water partition coefficient (Wildman–Crippen LogP) is 3.49. The lowest BCUT2D eigenvalue weighted by Crippen LogP contribution is -2.23. The van der Waals surface area contributed by atoms with Gasteiger partial charge < -0.3 is 10.2 Å². The van der Waals surface area contributed by atoms with Crippen LogP contribution in [0.5, 0.6) is 0 Å². The van der Waals surface area contributed by atoms with E-state index in [1.807, 2.05) is 13.0 Å². The summed E-state index contributed by atoms with van der Waals surface area (Å²) < 4.78 is 42.4. The maximum atomic E-state index is 14.2. The van der Waals surface area contributed by atoms with Gasteiger partial charge >= 0.3 is 0 Å². The van der Waals surface area contributed by atoms with Crippen LogP contribution in [0.25, 0.3) is 11.4 Å². The third-order valence-electron chi connectivity index (χ3n) is 5.16. The molecule has 0 spiro atoms. The fourth-order valence-corrected chi connectivity index (χ4v) is 4.51. The standard InChI is InChI=1S/C22H24FN9O2S/c1-4-32(5-2)21-13-20(24-14(3)25-21)26-15-6-8-16(9-7-15)29-35(33,34)17-10-11-19(23)18(12-17)22-27-30-31-28-22/h6-13,29H,4-5H2,1-3H3,(H,24,25,26)(H,27,28,30,31). The summed E-state index contributed by atoms with van der Waals surface area (Å²) in [5, 5.41) is 16.2. The van der Waals surface area contributed by atoms with Crippen LogP contribution in [0.3, 0.4) is 0 Å². The molecule has 11 nitrogen and oxygen atoms in total. The zero-order valence-electron chi connectivity index (χ0n) is 19.3. The topological polar surface area (TPSA) is 142 Å². The third kappa shape index (κ3) is 5.51.